The van der Waals surface area contributed by atoms with Gasteiger partial charge in [-0.25, -0.2) is 17.5 Å². The molecule has 0 saturated heterocycles. The number of ether oxygens (including phenoxy) is 1. The standard InChI is InChI=1S/C17H18ClN3O5S/c1-21(2)27(24,25)13-5-3-4-12(9-13)20-16(22)10-26-17(23)11-6-7-14(18)15(19)8-11/h3-9H,10,19H2,1-2H3,(H,20,22). The molecule has 0 bridgehead atoms. The van der Waals surface area contributed by atoms with E-state index in [1.807, 2.05) is 0 Å². The van der Waals surface area contributed by atoms with Gasteiger partial charge in [0.2, 0.25) is 10.0 Å². The number of nitrogens with one attached hydrogen (secondary N) is 1. The molecule has 0 unspecified atom stereocenters. The average molecular weight is 412 g/mol. The second-order valence-corrected chi connectivity index (χ2v) is 8.23. The largest absolute Gasteiger partial charge is 0.452 e. The lowest BCUT2D eigenvalue weighted by atomic mass is 10.2. The van der Waals surface area contributed by atoms with Crippen molar-refractivity contribution in [1.29, 1.82) is 0 Å². The van der Waals surface area contributed by atoms with Crippen molar-refractivity contribution in [3.8, 4) is 0 Å². The molecule has 2 aromatic rings. The average Bonchev–Trinajstić information content (AvgIpc) is 2.62. The van der Waals surface area contributed by atoms with Gasteiger partial charge >= 0.3 is 5.97 Å². The minimum Gasteiger partial charge on any atom is -0.452 e. The Morgan fingerprint density at radius 3 is 2.52 bits per heavy atom. The van der Waals surface area contributed by atoms with Crippen molar-refractivity contribution in [3.05, 3.63) is 53.1 Å². The van der Waals surface area contributed by atoms with E-state index in [2.05, 4.69) is 5.32 Å². The molecule has 8 nitrogen and oxygen atoms in total. The van der Waals surface area contributed by atoms with Gasteiger partial charge in [0.15, 0.2) is 6.61 Å². The van der Waals surface area contributed by atoms with E-state index in [4.69, 9.17) is 22.1 Å². The second kappa shape index (κ2) is 8.38. The van der Waals surface area contributed by atoms with Crippen LogP contribution in [0.15, 0.2) is 47.4 Å². The summed E-state index contributed by atoms with van der Waals surface area (Å²) in [6.07, 6.45) is 0. The molecule has 0 aliphatic heterocycles. The molecule has 0 aromatic heterocycles. The first-order valence-electron chi connectivity index (χ1n) is 7.66. The van der Waals surface area contributed by atoms with Gasteiger partial charge in [0, 0.05) is 19.8 Å². The first kappa shape index (κ1) is 20.7. The van der Waals surface area contributed by atoms with Crippen LogP contribution in [0.5, 0.6) is 0 Å². The van der Waals surface area contributed by atoms with Crippen LogP contribution in [0.1, 0.15) is 10.4 Å². The molecule has 2 rings (SSSR count). The van der Waals surface area contributed by atoms with Crippen molar-refractivity contribution in [1.82, 2.24) is 4.31 Å². The Hall–Kier alpha value is -2.62. The number of carbonyl (C=O) groups is 2. The number of sulfonamides is 1. The van der Waals surface area contributed by atoms with Crippen LogP contribution in [0.25, 0.3) is 0 Å². The molecular formula is C17H18ClN3O5S. The van der Waals surface area contributed by atoms with Crippen LogP contribution in [-0.4, -0.2) is 45.3 Å². The Kier molecular flexibility index (Phi) is 6.42. The summed E-state index contributed by atoms with van der Waals surface area (Å²) in [6, 6.07) is 9.96. The van der Waals surface area contributed by atoms with Gasteiger partial charge in [-0.05, 0) is 36.4 Å². The van der Waals surface area contributed by atoms with Gasteiger partial charge in [0.05, 0.1) is 21.2 Å². The van der Waals surface area contributed by atoms with Gasteiger partial charge < -0.3 is 15.8 Å². The van der Waals surface area contributed by atoms with E-state index in [-0.39, 0.29) is 21.8 Å². The zero-order valence-corrected chi connectivity index (χ0v) is 16.2. The van der Waals surface area contributed by atoms with Crippen molar-refractivity contribution >= 4 is 44.9 Å². The van der Waals surface area contributed by atoms with Crippen LogP contribution in [0, 0.1) is 0 Å². The summed E-state index contributed by atoms with van der Waals surface area (Å²) >= 11 is 5.78. The summed E-state index contributed by atoms with van der Waals surface area (Å²) in [5, 5.41) is 2.78. The number of hydrogen-bond donors (Lipinski definition) is 2. The van der Waals surface area contributed by atoms with E-state index < -0.39 is 28.5 Å². The SMILES string of the molecule is CN(C)S(=O)(=O)c1cccc(NC(=O)COC(=O)c2ccc(Cl)c(N)c2)c1. The molecule has 0 aliphatic carbocycles. The second-order valence-electron chi connectivity index (χ2n) is 5.68. The van der Waals surface area contributed by atoms with E-state index >= 15 is 0 Å². The summed E-state index contributed by atoms with van der Waals surface area (Å²) < 4.78 is 30.2. The molecule has 0 heterocycles. The third-order valence-electron chi connectivity index (χ3n) is 3.46. The van der Waals surface area contributed by atoms with E-state index in [9.17, 15) is 18.0 Å². The molecule has 0 radical (unpaired) electrons. The highest BCUT2D eigenvalue weighted by Gasteiger charge is 2.18. The van der Waals surface area contributed by atoms with Crippen molar-refractivity contribution in [2.45, 2.75) is 4.90 Å². The Labute approximate surface area is 161 Å². The van der Waals surface area contributed by atoms with E-state index in [0.717, 1.165) is 4.31 Å². The topological polar surface area (TPSA) is 119 Å². The summed E-state index contributed by atoms with van der Waals surface area (Å²) in [5.41, 5.74) is 6.25. The van der Waals surface area contributed by atoms with Crippen LogP contribution in [0.4, 0.5) is 11.4 Å². The van der Waals surface area contributed by atoms with E-state index in [0.29, 0.717) is 5.02 Å². The lowest BCUT2D eigenvalue weighted by Crippen LogP contribution is -2.23. The van der Waals surface area contributed by atoms with Gasteiger partial charge in [-0.15, -0.1) is 0 Å². The zero-order valence-electron chi connectivity index (χ0n) is 14.6. The third-order valence-corrected chi connectivity index (χ3v) is 5.62. The monoisotopic (exact) mass is 411 g/mol. The number of halogens is 1. The molecule has 27 heavy (non-hydrogen) atoms. The molecule has 144 valence electrons. The van der Waals surface area contributed by atoms with Crippen molar-refractivity contribution < 1.29 is 22.7 Å². The van der Waals surface area contributed by atoms with Gasteiger partial charge in [-0.3, -0.25) is 4.79 Å². The van der Waals surface area contributed by atoms with Crippen LogP contribution >= 0.6 is 11.6 Å². The number of carbonyl (C=O) groups excluding carboxylic acids is 2. The van der Waals surface area contributed by atoms with Crippen LogP contribution in [0.3, 0.4) is 0 Å². The van der Waals surface area contributed by atoms with Crippen LogP contribution < -0.4 is 11.1 Å². The van der Waals surface area contributed by atoms with Crippen LogP contribution in [0.2, 0.25) is 5.02 Å². The lowest BCUT2D eigenvalue weighted by Gasteiger charge is -2.12. The fourth-order valence-electron chi connectivity index (χ4n) is 2.03. The number of hydrogen-bond acceptors (Lipinski definition) is 6. The smallest absolute Gasteiger partial charge is 0.338 e. The van der Waals surface area contributed by atoms with Crippen molar-refractivity contribution in [3.63, 3.8) is 0 Å². The molecule has 0 saturated carbocycles. The summed E-state index contributed by atoms with van der Waals surface area (Å²) in [4.78, 5) is 23.9. The van der Waals surface area contributed by atoms with Crippen LogP contribution in [-0.2, 0) is 19.6 Å². The predicted molar refractivity (Wildman–Crippen MR) is 102 cm³/mol. The lowest BCUT2D eigenvalue weighted by molar-refractivity contribution is -0.119. The number of anilines is 2. The molecule has 0 aliphatic rings. The Balaban J connectivity index is 2.00. The normalized spacial score (nSPS) is 11.3. The molecule has 0 atom stereocenters. The number of amides is 1. The number of esters is 1. The highest BCUT2D eigenvalue weighted by molar-refractivity contribution is 7.89. The maximum absolute atomic E-state index is 12.1. The minimum atomic E-state index is -3.63. The number of nitrogens with zero attached hydrogens (tertiary/aromatic N) is 1. The quantitative estimate of drug-likeness (QED) is 0.554. The molecule has 3 N–H and O–H groups in total. The third kappa shape index (κ3) is 5.19. The van der Waals surface area contributed by atoms with Crippen molar-refractivity contribution in [2.75, 3.05) is 31.8 Å². The molecule has 0 fully saturated rings. The molecule has 2 aromatic carbocycles. The highest BCUT2D eigenvalue weighted by atomic mass is 35.5. The highest BCUT2D eigenvalue weighted by Crippen LogP contribution is 2.20. The Morgan fingerprint density at radius 1 is 1.19 bits per heavy atom. The Morgan fingerprint density at radius 2 is 1.89 bits per heavy atom. The molecular weight excluding hydrogens is 394 g/mol. The van der Waals surface area contributed by atoms with Gasteiger partial charge in [0.1, 0.15) is 0 Å². The fourth-order valence-corrected chi connectivity index (χ4v) is 3.09. The molecule has 0 spiro atoms. The Bertz CT molecular complexity index is 976. The minimum absolute atomic E-state index is 0.0268. The van der Waals surface area contributed by atoms with Gasteiger partial charge in [-0.1, -0.05) is 17.7 Å². The number of nitrogens with two attached hydrogens (primary N) is 1. The zero-order chi connectivity index (χ0) is 20.2. The van der Waals surface area contributed by atoms with E-state index in [1.54, 1.807) is 0 Å². The first-order chi connectivity index (χ1) is 12.6. The number of nitrogen functional groups attached to an aromatic ring is 1. The fraction of sp³-hybridized carbons (Fsp3) is 0.176. The first-order valence-corrected chi connectivity index (χ1v) is 9.47. The maximum atomic E-state index is 12.1. The van der Waals surface area contributed by atoms with Crippen molar-refractivity contribution in [2.24, 2.45) is 0 Å². The molecule has 10 heteroatoms. The van der Waals surface area contributed by atoms with Gasteiger partial charge in [0.25, 0.3) is 5.91 Å². The van der Waals surface area contributed by atoms with E-state index in [1.165, 1.54) is 56.6 Å². The maximum Gasteiger partial charge on any atom is 0.338 e. The summed E-state index contributed by atoms with van der Waals surface area (Å²) in [7, 11) is -0.818. The summed E-state index contributed by atoms with van der Waals surface area (Å²) in [5.74, 6) is -1.36. The number of benzene rings is 2. The number of rotatable bonds is 6. The summed E-state index contributed by atoms with van der Waals surface area (Å²) in [6.45, 7) is -0.550. The van der Waals surface area contributed by atoms with Gasteiger partial charge in [-0.2, -0.15) is 0 Å². The predicted octanol–water partition coefficient (Wildman–Crippen LogP) is 1.97. The molecule has 1 amide bonds.